The molecule has 0 radical (unpaired) electrons. The van der Waals surface area contributed by atoms with Crippen LogP contribution in [0.1, 0.15) is 22.3 Å². The first kappa shape index (κ1) is 15.1. The highest BCUT2D eigenvalue weighted by molar-refractivity contribution is 7.07. The second kappa shape index (κ2) is 7.46. The molecule has 20 heavy (non-hydrogen) atoms. The van der Waals surface area contributed by atoms with Crippen LogP contribution in [-0.4, -0.2) is 19.7 Å². The van der Waals surface area contributed by atoms with E-state index in [9.17, 15) is 0 Å². The van der Waals surface area contributed by atoms with Gasteiger partial charge in [0.2, 0.25) is 0 Å². The van der Waals surface area contributed by atoms with Crippen molar-refractivity contribution in [1.29, 1.82) is 0 Å². The van der Waals surface area contributed by atoms with Crippen molar-refractivity contribution in [2.75, 3.05) is 19.7 Å². The highest BCUT2D eigenvalue weighted by atomic mass is 32.1. The van der Waals surface area contributed by atoms with Gasteiger partial charge in [-0.3, -0.25) is 0 Å². The van der Waals surface area contributed by atoms with Crippen LogP contribution in [0.2, 0.25) is 0 Å². The second-order valence-electron chi connectivity index (χ2n) is 5.19. The summed E-state index contributed by atoms with van der Waals surface area (Å²) >= 11 is 1.76. The van der Waals surface area contributed by atoms with Crippen molar-refractivity contribution in [1.82, 2.24) is 5.32 Å². The maximum absolute atomic E-state index is 5.88. The summed E-state index contributed by atoms with van der Waals surface area (Å²) in [6.07, 6.45) is 1.09. The van der Waals surface area contributed by atoms with Crippen LogP contribution in [-0.2, 0) is 6.42 Å². The molecule has 2 aromatic rings. The lowest BCUT2D eigenvalue weighted by Crippen LogP contribution is -2.23. The third-order valence-corrected chi connectivity index (χ3v) is 4.20. The number of hydrogen-bond donors (Lipinski definition) is 1. The fourth-order valence-electron chi connectivity index (χ4n) is 2.18. The molecule has 2 rings (SSSR count). The number of ether oxygens (including phenoxy) is 1. The lowest BCUT2D eigenvalue weighted by molar-refractivity contribution is 0.312. The first-order valence-corrected chi connectivity index (χ1v) is 8.03. The minimum atomic E-state index is 0.716. The Kier molecular flexibility index (Phi) is 5.62. The summed E-state index contributed by atoms with van der Waals surface area (Å²) in [5, 5.41) is 7.75. The number of rotatable bonds is 7. The summed E-state index contributed by atoms with van der Waals surface area (Å²) in [7, 11) is 0. The van der Waals surface area contributed by atoms with Gasteiger partial charge in [0.25, 0.3) is 0 Å². The third kappa shape index (κ3) is 4.36. The molecule has 0 aliphatic rings. The van der Waals surface area contributed by atoms with Gasteiger partial charge >= 0.3 is 0 Å². The van der Waals surface area contributed by atoms with Gasteiger partial charge in [0, 0.05) is 6.54 Å². The molecule has 1 heterocycles. The van der Waals surface area contributed by atoms with Crippen LogP contribution in [0.25, 0.3) is 0 Å². The molecule has 0 amide bonds. The monoisotopic (exact) mass is 289 g/mol. The molecule has 0 saturated heterocycles. The SMILES string of the molecule is Cc1cc(C)c(C)c(OCCNCCc2ccsc2)c1. The van der Waals surface area contributed by atoms with Crippen LogP contribution in [0.5, 0.6) is 5.75 Å². The van der Waals surface area contributed by atoms with E-state index >= 15 is 0 Å². The average Bonchev–Trinajstić information content (AvgIpc) is 2.92. The van der Waals surface area contributed by atoms with Gasteiger partial charge in [-0.2, -0.15) is 11.3 Å². The molecule has 0 aliphatic heterocycles. The topological polar surface area (TPSA) is 21.3 Å². The van der Waals surface area contributed by atoms with E-state index in [1.807, 2.05) is 0 Å². The molecule has 2 nitrogen and oxygen atoms in total. The number of aryl methyl sites for hydroxylation is 2. The van der Waals surface area contributed by atoms with Crippen molar-refractivity contribution >= 4 is 11.3 Å². The molecule has 0 bridgehead atoms. The molecule has 108 valence electrons. The van der Waals surface area contributed by atoms with Gasteiger partial charge in [-0.15, -0.1) is 0 Å². The molecule has 0 spiro atoms. The van der Waals surface area contributed by atoms with E-state index < -0.39 is 0 Å². The van der Waals surface area contributed by atoms with E-state index in [1.54, 1.807) is 11.3 Å². The predicted molar refractivity (Wildman–Crippen MR) is 87.0 cm³/mol. The zero-order valence-corrected chi connectivity index (χ0v) is 13.3. The Morgan fingerprint density at radius 3 is 2.75 bits per heavy atom. The number of benzene rings is 1. The van der Waals surface area contributed by atoms with Crippen LogP contribution >= 0.6 is 11.3 Å². The molecule has 0 unspecified atom stereocenters. The van der Waals surface area contributed by atoms with E-state index in [4.69, 9.17) is 4.74 Å². The first-order valence-electron chi connectivity index (χ1n) is 7.09. The van der Waals surface area contributed by atoms with Gasteiger partial charge in [-0.25, -0.2) is 0 Å². The number of nitrogens with one attached hydrogen (secondary N) is 1. The quantitative estimate of drug-likeness (QED) is 0.781. The largest absolute Gasteiger partial charge is 0.492 e. The van der Waals surface area contributed by atoms with Crippen LogP contribution in [0, 0.1) is 20.8 Å². The maximum Gasteiger partial charge on any atom is 0.122 e. The molecule has 1 aromatic carbocycles. The molecule has 3 heteroatoms. The Bertz CT molecular complexity index is 534. The second-order valence-corrected chi connectivity index (χ2v) is 5.97. The standard InChI is InChI=1S/C17H23NOS/c1-13-10-14(2)15(3)17(11-13)19-8-7-18-6-4-16-5-9-20-12-16/h5,9-12,18H,4,6-8H2,1-3H3. The molecule has 1 N–H and O–H groups in total. The van der Waals surface area contributed by atoms with Crippen molar-refractivity contribution in [2.45, 2.75) is 27.2 Å². The normalized spacial score (nSPS) is 10.8. The van der Waals surface area contributed by atoms with Gasteiger partial charge in [-0.05, 0) is 78.9 Å². The third-order valence-electron chi connectivity index (χ3n) is 3.47. The first-order chi connectivity index (χ1) is 9.66. The zero-order valence-electron chi connectivity index (χ0n) is 12.5. The number of thiophene rings is 1. The smallest absolute Gasteiger partial charge is 0.122 e. The van der Waals surface area contributed by atoms with E-state index in [2.05, 4.69) is 55.0 Å². The fourth-order valence-corrected chi connectivity index (χ4v) is 2.88. The van der Waals surface area contributed by atoms with E-state index in [0.717, 1.165) is 25.3 Å². The maximum atomic E-state index is 5.88. The Balaban J connectivity index is 1.68. The van der Waals surface area contributed by atoms with Gasteiger partial charge in [0.15, 0.2) is 0 Å². The van der Waals surface area contributed by atoms with Crippen LogP contribution in [0.3, 0.4) is 0 Å². The van der Waals surface area contributed by atoms with Crippen molar-refractivity contribution in [3.05, 3.63) is 51.2 Å². The Morgan fingerprint density at radius 1 is 1.15 bits per heavy atom. The van der Waals surface area contributed by atoms with Gasteiger partial charge in [-0.1, -0.05) is 6.07 Å². The fraction of sp³-hybridized carbons (Fsp3) is 0.412. The summed E-state index contributed by atoms with van der Waals surface area (Å²) in [5.74, 6) is 1.02. The molecule has 0 fully saturated rings. The van der Waals surface area contributed by atoms with Crippen LogP contribution in [0.4, 0.5) is 0 Å². The molecule has 1 aromatic heterocycles. The van der Waals surface area contributed by atoms with Gasteiger partial charge in [0.05, 0.1) is 0 Å². The Hall–Kier alpha value is -1.32. The summed E-state index contributed by atoms with van der Waals surface area (Å²) < 4.78 is 5.88. The molecular formula is C17H23NOS. The minimum absolute atomic E-state index is 0.716. The average molecular weight is 289 g/mol. The van der Waals surface area contributed by atoms with Crippen molar-refractivity contribution in [3.63, 3.8) is 0 Å². The van der Waals surface area contributed by atoms with E-state index in [-0.39, 0.29) is 0 Å². The van der Waals surface area contributed by atoms with E-state index in [1.165, 1.54) is 22.3 Å². The molecule has 0 aliphatic carbocycles. The predicted octanol–water partition coefficient (Wildman–Crippen LogP) is 3.88. The molecule has 0 atom stereocenters. The summed E-state index contributed by atoms with van der Waals surface area (Å²) in [6, 6.07) is 6.50. The van der Waals surface area contributed by atoms with Gasteiger partial charge in [0.1, 0.15) is 12.4 Å². The van der Waals surface area contributed by atoms with Crippen molar-refractivity contribution in [2.24, 2.45) is 0 Å². The lowest BCUT2D eigenvalue weighted by Gasteiger charge is -2.12. The lowest BCUT2D eigenvalue weighted by atomic mass is 10.1. The molecular weight excluding hydrogens is 266 g/mol. The highest BCUT2D eigenvalue weighted by Gasteiger charge is 2.03. The minimum Gasteiger partial charge on any atom is -0.492 e. The Morgan fingerprint density at radius 2 is 2.00 bits per heavy atom. The van der Waals surface area contributed by atoms with Crippen molar-refractivity contribution in [3.8, 4) is 5.75 Å². The summed E-state index contributed by atoms with van der Waals surface area (Å²) in [6.45, 7) is 8.97. The van der Waals surface area contributed by atoms with Gasteiger partial charge < -0.3 is 10.1 Å². The van der Waals surface area contributed by atoms with Crippen molar-refractivity contribution < 1.29 is 4.74 Å². The highest BCUT2D eigenvalue weighted by Crippen LogP contribution is 2.22. The summed E-state index contributed by atoms with van der Waals surface area (Å²) in [4.78, 5) is 0. The summed E-state index contributed by atoms with van der Waals surface area (Å²) in [5.41, 5.74) is 5.21. The Labute approximate surface area is 125 Å². The molecule has 0 saturated carbocycles. The van der Waals surface area contributed by atoms with Crippen LogP contribution < -0.4 is 10.1 Å². The van der Waals surface area contributed by atoms with Crippen LogP contribution in [0.15, 0.2) is 29.0 Å². The van der Waals surface area contributed by atoms with E-state index in [0.29, 0.717) is 6.61 Å². The number of hydrogen-bond acceptors (Lipinski definition) is 3. The zero-order chi connectivity index (χ0) is 14.4.